The molecule has 0 aliphatic heterocycles. The predicted octanol–water partition coefficient (Wildman–Crippen LogP) is 2.70. The second-order valence-electron chi connectivity index (χ2n) is 6.48. The molecule has 1 heterocycles. The third-order valence-corrected chi connectivity index (χ3v) is 4.24. The van der Waals surface area contributed by atoms with Crippen molar-refractivity contribution in [1.82, 2.24) is 15.1 Å². The number of H-pyrrole nitrogens is 1. The highest BCUT2D eigenvalue weighted by Crippen LogP contribution is 2.19. The molecule has 3 rings (SSSR count). The Kier molecular flexibility index (Phi) is 5.58. The minimum Gasteiger partial charge on any atom is -0.481 e. The number of nitrogens with zero attached hydrogens (tertiary/aromatic N) is 1. The molecule has 0 aliphatic carbocycles. The molecule has 0 bridgehead atoms. The highest BCUT2D eigenvalue weighted by molar-refractivity contribution is 5.92. The Morgan fingerprint density at radius 1 is 1.17 bits per heavy atom. The molecule has 0 aliphatic rings. The van der Waals surface area contributed by atoms with Gasteiger partial charge in [-0.05, 0) is 24.6 Å². The Morgan fingerprint density at radius 3 is 2.59 bits per heavy atom. The van der Waals surface area contributed by atoms with Crippen LogP contribution in [0.5, 0.6) is 0 Å². The van der Waals surface area contributed by atoms with Gasteiger partial charge in [0.05, 0.1) is 12.5 Å². The van der Waals surface area contributed by atoms with Gasteiger partial charge in [-0.15, -0.1) is 0 Å². The van der Waals surface area contributed by atoms with Gasteiger partial charge in [0.2, 0.25) is 0 Å². The zero-order valence-corrected chi connectivity index (χ0v) is 15.3. The molecule has 9 heteroatoms. The summed E-state index contributed by atoms with van der Waals surface area (Å²) < 4.78 is 27.8. The van der Waals surface area contributed by atoms with E-state index in [4.69, 9.17) is 5.11 Å². The van der Waals surface area contributed by atoms with Crippen molar-refractivity contribution < 1.29 is 23.5 Å². The van der Waals surface area contributed by atoms with E-state index in [-0.39, 0.29) is 17.8 Å². The standard InChI is InChI=1S/C20H17F2N3O4/c1-11-3-2-4-12(7-11)15(10-19(27)28)23-20(29)16-9-18(26)25(24-16)17-6-5-13(21)8-14(17)22/h2-9,15,24H,10H2,1H3,(H,23,29)(H,27,28)/t15-/m0/s1. The minimum absolute atomic E-state index is 0.193. The van der Waals surface area contributed by atoms with Gasteiger partial charge in [0, 0.05) is 12.1 Å². The Hall–Kier alpha value is -3.75. The summed E-state index contributed by atoms with van der Waals surface area (Å²) in [5, 5.41) is 14.2. The van der Waals surface area contributed by atoms with Gasteiger partial charge in [0.25, 0.3) is 11.5 Å². The molecule has 3 N–H and O–H groups in total. The lowest BCUT2D eigenvalue weighted by Gasteiger charge is -2.17. The lowest BCUT2D eigenvalue weighted by atomic mass is 10.0. The normalized spacial score (nSPS) is 11.8. The predicted molar refractivity (Wildman–Crippen MR) is 99.9 cm³/mol. The number of halogens is 2. The molecule has 29 heavy (non-hydrogen) atoms. The van der Waals surface area contributed by atoms with Gasteiger partial charge in [-0.3, -0.25) is 19.5 Å². The fourth-order valence-corrected chi connectivity index (χ4v) is 2.90. The molecule has 1 atom stereocenters. The smallest absolute Gasteiger partial charge is 0.305 e. The summed E-state index contributed by atoms with van der Waals surface area (Å²) in [4.78, 5) is 36.0. The number of carbonyl (C=O) groups excluding carboxylic acids is 1. The van der Waals surface area contributed by atoms with Crippen LogP contribution in [0.15, 0.2) is 53.3 Å². The number of amides is 1. The van der Waals surface area contributed by atoms with E-state index in [0.29, 0.717) is 11.6 Å². The second kappa shape index (κ2) is 8.09. The number of hydrogen-bond donors (Lipinski definition) is 3. The molecule has 0 unspecified atom stereocenters. The van der Waals surface area contributed by atoms with Crippen LogP contribution in [-0.2, 0) is 4.79 Å². The first-order valence-corrected chi connectivity index (χ1v) is 8.61. The lowest BCUT2D eigenvalue weighted by molar-refractivity contribution is -0.137. The maximum absolute atomic E-state index is 14.0. The number of aryl methyl sites for hydroxylation is 1. The number of benzene rings is 2. The monoisotopic (exact) mass is 401 g/mol. The summed E-state index contributed by atoms with van der Waals surface area (Å²) in [6.45, 7) is 1.83. The van der Waals surface area contributed by atoms with Crippen molar-refractivity contribution >= 4 is 11.9 Å². The van der Waals surface area contributed by atoms with E-state index in [1.54, 1.807) is 18.2 Å². The third kappa shape index (κ3) is 4.57. The molecule has 0 saturated carbocycles. The van der Waals surface area contributed by atoms with Crippen LogP contribution in [0.25, 0.3) is 5.69 Å². The van der Waals surface area contributed by atoms with Crippen molar-refractivity contribution in [2.75, 3.05) is 0 Å². The first-order valence-electron chi connectivity index (χ1n) is 8.61. The van der Waals surface area contributed by atoms with Gasteiger partial charge < -0.3 is 10.4 Å². The van der Waals surface area contributed by atoms with E-state index >= 15 is 0 Å². The van der Waals surface area contributed by atoms with Gasteiger partial charge in [-0.1, -0.05) is 29.8 Å². The largest absolute Gasteiger partial charge is 0.481 e. The van der Waals surface area contributed by atoms with Gasteiger partial charge in [0.1, 0.15) is 17.2 Å². The first kappa shape index (κ1) is 20.0. The number of carbonyl (C=O) groups is 2. The summed E-state index contributed by atoms with van der Waals surface area (Å²) in [6.07, 6.45) is -0.368. The van der Waals surface area contributed by atoms with Crippen molar-refractivity contribution in [3.05, 3.63) is 87.3 Å². The van der Waals surface area contributed by atoms with Crippen molar-refractivity contribution in [2.24, 2.45) is 0 Å². The van der Waals surface area contributed by atoms with E-state index in [1.807, 2.05) is 13.0 Å². The van der Waals surface area contributed by atoms with E-state index in [0.717, 1.165) is 28.4 Å². The molecular weight excluding hydrogens is 384 g/mol. The van der Waals surface area contributed by atoms with Crippen LogP contribution in [0.4, 0.5) is 8.78 Å². The van der Waals surface area contributed by atoms with Crippen LogP contribution in [0.2, 0.25) is 0 Å². The van der Waals surface area contributed by atoms with Gasteiger partial charge in [0.15, 0.2) is 5.82 Å². The number of rotatable bonds is 6. The van der Waals surface area contributed by atoms with E-state index in [1.165, 1.54) is 0 Å². The summed E-state index contributed by atoms with van der Waals surface area (Å²) in [5.74, 6) is -3.64. The number of aliphatic carboxylic acids is 1. The van der Waals surface area contributed by atoms with E-state index < -0.39 is 35.1 Å². The summed E-state index contributed by atoms with van der Waals surface area (Å²) in [7, 11) is 0. The topological polar surface area (TPSA) is 104 Å². The number of carboxylic acids is 1. The molecule has 0 radical (unpaired) electrons. The van der Waals surface area contributed by atoms with Crippen molar-refractivity contribution in [1.29, 1.82) is 0 Å². The van der Waals surface area contributed by atoms with Crippen molar-refractivity contribution in [3.8, 4) is 5.69 Å². The highest BCUT2D eigenvalue weighted by Gasteiger charge is 2.21. The van der Waals surface area contributed by atoms with Crippen LogP contribution in [0.3, 0.4) is 0 Å². The van der Waals surface area contributed by atoms with Crippen LogP contribution in [0, 0.1) is 18.6 Å². The van der Waals surface area contributed by atoms with E-state index in [2.05, 4.69) is 10.4 Å². The lowest BCUT2D eigenvalue weighted by Crippen LogP contribution is -2.30. The highest BCUT2D eigenvalue weighted by atomic mass is 19.1. The van der Waals surface area contributed by atoms with Crippen LogP contribution in [-0.4, -0.2) is 26.8 Å². The molecule has 150 valence electrons. The number of nitrogens with one attached hydrogen (secondary N) is 2. The second-order valence-corrected chi connectivity index (χ2v) is 6.48. The average Bonchev–Trinajstić information content (AvgIpc) is 3.02. The fourth-order valence-electron chi connectivity index (χ4n) is 2.90. The Labute approximate surface area is 163 Å². The maximum atomic E-state index is 14.0. The Morgan fingerprint density at radius 2 is 1.93 bits per heavy atom. The molecule has 1 amide bonds. The van der Waals surface area contributed by atoms with Crippen LogP contribution < -0.4 is 10.9 Å². The number of carboxylic acid groups (broad SMARTS) is 1. The molecule has 0 saturated heterocycles. The zero-order chi connectivity index (χ0) is 21.1. The average molecular weight is 401 g/mol. The van der Waals surface area contributed by atoms with Crippen molar-refractivity contribution in [2.45, 2.75) is 19.4 Å². The number of aromatic amines is 1. The molecule has 2 aromatic carbocycles. The number of aromatic nitrogens is 2. The molecule has 7 nitrogen and oxygen atoms in total. The van der Waals surface area contributed by atoms with Crippen LogP contribution in [0.1, 0.15) is 34.1 Å². The van der Waals surface area contributed by atoms with Gasteiger partial charge in [-0.2, -0.15) is 0 Å². The molecule has 1 aromatic heterocycles. The minimum atomic E-state index is -1.11. The number of hydrogen-bond acceptors (Lipinski definition) is 3. The maximum Gasteiger partial charge on any atom is 0.305 e. The summed E-state index contributed by atoms with van der Waals surface area (Å²) >= 11 is 0. The summed E-state index contributed by atoms with van der Waals surface area (Å²) in [5.41, 5.74) is 0.301. The zero-order valence-electron chi connectivity index (χ0n) is 15.3. The van der Waals surface area contributed by atoms with Crippen LogP contribution >= 0.6 is 0 Å². The fraction of sp³-hybridized carbons (Fsp3) is 0.150. The van der Waals surface area contributed by atoms with Gasteiger partial charge >= 0.3 is 5.97 Å². The molecule has 0 spiro atoms. The molecule has 3 aromatic rings. The SMILES string of the molecule is Cc1cccc([C@H](CC(=O)O)NC(=O)c2cc(=O)n(-c3ccc(F)cc3F)[nH]2)c1. The summed E-state index contributed by atoms with van der Waals surface area (Å²) in [6, 6.07) is 9.76. The van der Waals surface area contributed by atoms with E-state index in [9.17, 15) is 23.2 Å². The molecular formula is C20H17F2N3O4. The molecule has 0 fully saturated rings. The Bertz CT molecular complexity index is 1140. The van der Waals surface area contributed by atoms with Gasteiger partial charge in [-0.25, -0.2) is 13.5 Å². The first-order chi connectivity index (χ1) is 13.7. The third-order valence-electron chi connectivity index (χ3n) is 4.24. The quantitative estimate of drug-likeness (QED) is 0.591. The van der Waals surface area contributed by atoms with Crippen molar-refractivity contribution in [3.63, 3.8) is 0 Å². The Balaban J connectivity index is 1.89.